The molecule has 0 saturated carbocycles. The minimum atomic E-state index is 0.904. The molecule has 0 spiro atoms. The Labute approximate surface area is 113 Å². The fourth-order valence-electron chi connectivity index (χ4n) is 2.53. The largest absolute Gasteiger partial charge is 0.497 e. The Balaban J connectivity index is 1.96. The van der Waals surface area contributed by atoms with Crippen LogP contribution in [0.15, 0.2) is 54.7 Å². The Morgan fingerprint density at radius 3 is 2.47 bits per heavy atom. The molecule has 0 unspecified atom stereocenters. The topological polar surface area (TPSA) is 14.2 Å². The summed E-state index contributed by atoms with van der Waals surface area (Å²) in [5.74, 6) is 0.904. The van der Waals surface area contributed by atoms with Crippen LogP contribution in [0.2, 0.25) is 0 Å². The van der Waals surface area contributed by atoms with Crippen molar-refractivity contribution in [3.63, 3.8) is 0 Å². The number of rotatable bonds is 3. The van der Waals surface area contributed by atoms with Gasteiger partial charge in [0.2, 0.25) is 0 Å². The number of nitrogens with zero attached hydrogens (tertiary/aromatic N) is 1. The van der Waals surface area contributed by atoms with E-state index >= 15 is 0 Å². The number of ether oxygens (including phenoxy) is 1. The normalized spacial score (nSPS) is 10.8. The molecule has 0 bridgehead atoms. The third-order valence-corrected chi connectivity index (χ3v) is 3.53. The lowest BCUT2D eigenvalue weighted by Crippen LogP contribution is -1.88. The van der Waals surface area contributed by atoms with Gasteiger partial charge >= 0.3 is 0 Å². The molecule has 2 nitrogen and oxygen atoms in total. The molecule has 0 amide bonds. The third-order valence-electron chi connectivity index (χ3n) is 3.53. The van der Waals surface area contributed by atoms with E-state index in [9.17, 15) is 0 Å². The van der Waals surface area contributed by atoms with Gasteiger partial charge in [-0.05, 0) is 35.7 Å². The predicted molar refractivity (Wildman–Crippen MR) is 78.7 cm³/mol. The highest BCUT2D eigenvalue weighted by atomic mass is 16.5. The zero-order valence-corrected chi connectivity index (χ0v) is 11.3. The quantitative estimate of drug-likeness (QED) is 0.691. The lowest BCUT2D eigenvalue weighted by Gasteiger charge is -2.03. The van der Waals surface area contributed by atoms with Crippen molar-refractivity contribution in [1.29, 1.82) is 0 Å². The SMILES string of the molecule is COc1ccc(Cc2cn(C)c3ccccc23)cc1. The summed E-state index contributed by atoms with van der Waals surface area (Å²) in [4.78, 5) is 0. The fraction of sp³-hybridized carbons (Fsp3) is 0.176. The molecule has 96 valence electrons. The van der Waals surface area contributed by atoms with Gasteiger partial charge in [-0.25, -0.2) is 0 Å². The molecule has 0 N–H and O–H groups in total. The van der Waals surface area contributed by atoms with Crippen LogP contribution in [0, 0.1) is 0 Å². The molecular formula is C17H17NO. The maximum atomic E-state index is 5.19. The van der Waals surface area contributed by atoms with Gasteiger partial charge < -0.3 is 9.30 Å². The molecule has 2 heteroatoms. The summed E-state index contributed by atoms with van der Waals surface area (Å²) >= 11 is 0. The first-order valence-corrected chi connectivity index (χ1v) is 6.44. The van der Waals surface area contributed by atoms with Gasteiger partial charge in [0.25, 0.3) is 0 Å². The zero-order valence-electron chi connectivity index (χ0n) is 11.3. The van der Waals surface area contributed by atoms with Crippen molar-refractivity contribution in [2.45, 2.75) is 6.42 Å². The summed E-state index contributed by atoms with van der Waals surface area (Å²) in [6, 6.07) is 16.8. The molecule has 1 aromatic heterocycles. The zero-order chi connectivity index (χ0) is 13.2. The van der Waals surface area contributed by atoms with Crippen LogP contribution < -0.4 is 4.74 Å². The van der Waals surface area contributed by atoms with Crippen LogP contribution in [-0.2, 0) is 13.5 Å². The molecule has 1 heterocycles. The van der Waals surface area contributed by atoms with Crippen LogP contribution in [0.25, 0.3) is 10.9 Å². The Morgan fingerprint density at radius 2 is 1.74 bits per heavy atom. The molecule has 0 fully saturated rings. The summed E-state index contributed by atoms with van der Waals surface area (Å²) in [6.45, 7) is 0. The van der Waals surface area contributed by atoms with Gasteiger partial charge in [0.05, 0.1) is 7.11 Å². The van der Waals surface area contributed by atoms with Crippen molar-refractivity contribution in [2.24, 2.45) is 7.05 Å². The first-order valence-electron chi connectivity index (χ1n) is 6.44. The van der Waals surface area contributed by atoms with E-state index in [2.05, 4.69) is 54.2 Å². The van der Waals surface area contributed by atoms with E-state index in [1.54, 1.807) is 7.11 Å². The number of benzene rings is 2. The summed E-state index contributed by atoms with van der Waals surface area (Å²) in [7, 11) is 3.79. The van der Waals surface area contributed by atoms with Gasteiger partial charge in [0, 0.05) is 24.1 Å². The molecule has 0 radical (unpaired) electrons. The lowest BCUT2D eigenvalue weighted by atomic mass is 10.0. The van der Waals surface area contributed by atoms with E-state index in [1.807, 2.05) is 12.1 Å². The first kappa shape index (κ1) is 11.8. The molecule has 0 aliphatic heterocycles. The highest BCUT2D eigenvalue weighted by molar-refractivity contribution is 5.84. The van der Waals surface area contributed by atoms with Crippen LogP contribution in [0.1, 0.15) is 11.1 Å². The molecule has 3 aromatic rings. The summed E-state index contributed by atoms with van der Waals surface area (Å²) in [5.41, 5.74) is 3.95. The van der Waals surface area contributed by atoms with Crippen molar-refractivity contribution in [2.75, 3.05) is 7.11 Å². The van der Waals surface area contributed by atoms with Crippen LogP contribution in [0.5, 0.6) is 5.75 Å². The molecule has 0 saturated heterocycles. The number of aromatic nitrogens is 1. The average Bonchev–Trinajstić information content (AvgIpc) is 2.77. The Bertz CT molecular complexity index is 695. The number of methoxy groups -OCH3 is 1. The van der Waals surface area contributed by atoms with Crippen LogP contribution in [0.3, 0.4) is 0 Å². The molecule has 0 atom stereocenters. The van der Waals surface area contributed by atoms with Gasteiger partial charge in [0.1, 0.15) is 5.75 Å². The number of aryl methyl sites for hydroxylation is 1. The minimum Gasteiger partial charge on any atom is -0.497 e. The molecule has 2 aromatic carbocycles. The van der Waals surface area contributed by atoms with E-state index in [0.717, 1.165) is 12.2 Å². The fourth-order valence-corrected chi connectivity index (χ4v) is 2.53. The Hall–Kier alpha value is -2.22. The number of hydrogen-bond acceptors (Lipinski definition) is 1. The molecule has 19 heavy (non-hydrogen) atoms. The second kappa shape index (κ2) is 4.81. The Kier molecular flexibility index (Phi) is 3.00. The maximum absolute atomic E-state index is 5.19. The monoisotopic (exact) mass is 251 g/mol. The number of hydrogen-bond donors (Lipinski definition) is 0. The van der Waals surface area contributed by atoms with Crippen molar-refractivity contribution in [3.8, 4) is 5.75 Å². The molecule has 0 aliphatic carbocycles. The average molecular weight is 251 g/mol. The van der Waals surface area contributed by atoms with Gasteiger partial charge in [0.15, 0.2) is 0 Å². The minimum absolute atomic E-state index is 0.904. The van der Waals surface area contributed by atoms with Gasteiger partial charge in [-0.2, -0.15) is 0 Å². The highest BCUT2D eigenvalue weighted by Crippen LogP contribution is 2.23. The molecule has 3 rings (SSSR count). The standard InChI is InChI=1S/C17H17NO/c1-18-12-14(16-5-3-4-6-17(16)18)11-13-7-9-15(19-2)10-8-13/h3-10,12H,11H2,1-2H3. The van der Waals surface area contributed by atoms with Crippen LogP contribution >= 0.6 is 0 Å². The number of fused-ring (bicyclic) bond motifs is 1. The van der Waals surface area contributed by atoms with E-state index in [-0.39, 0.29) is 0 Å². The summed E-state index contributed by atoms with van der Waals surface area (Å²) in [6.07, 6.45) is 3.17. The second-order valence-corrected chi connectivity index (χ2v) is 4.81. The number of para-hydroxylation sites is 1. The van der Waals surface area contributed by atoms with Crippen LogP contribution in [0.4, 0.5) is 0 Å². The van der Waals surface area contributed by atoms with Crippen molar-refractivity contribution in [3.05, 3.63) is 65.9 Å². The Morgan fingerprint density at radius 1 is 1.00 bits per heavy atom. The van der Waals surface area contributed by atoms with E-state index in [0.29, 0.717) is 0 Å². The van der Waals surface area contributed by atoms with E-state index in [4.69, 9.17) is 4.74 Å². The van der Waals surface area contributed by atoms with Crippen molar-refractivity contribution in [1.82, 2.24) is 4.57 Å². The smallest absolute Gasteiger partial charge is 0.118 e. The van der Waals surface area contributed by atoms with Gasteiger partial charge in [-0.3, -0.25) is 0 Å². The summed E-state index contributed by atoms with van der Waals surface area (Å²) < 4.78 is 7.38. The lowest BCUT2D eigenvalue weighted by molar-refractivity contribution is 0.414. The van der Waals surface area contributed by atoms with Gasteiger partial charge in [-0.15, -0.1) is 0 Å². The van der Waals surface area contributed by atoms with Crippen LogP contribution in [-0.4, -0.2) is 11.7 Å². The van der Waals surface area contributed by atoms with E-state index in [1.165, 1.54) is 22.0 Å². The predicted octanol–water partition coefficient (Wildman–Crippen LogP) is 3.78. The molecule has 0 aliphatic rings. The van der Waals surface area contributed by atoms with E-state index < -0.39 is 0 Å². The maximum Gasteiger partial charge on any atom is 0.118 e. The van der Waals surface area contributed by atoms with Gasteiger partial charge in [-0.1, -0.05) is 30.3 Å². The van der Waals surface area contributed by atoms with Crippen molar-refractivity contribution >= 4 is 10.9 Å². The highest BCUT2D eigenvalue weighted by Gasteiger charge is 2.06. The summed E-state index contributed by atoms with van der Waals surface area (Å²) in [5, 5.41) is 1.33. The second-order valence-electron chi connectivity index (χ2n) is 4.81. The third kappa shape index (κ3) is 2.22. The van der Waals surface area contributed by atoms with Crippen molar-refractivity contribution < 1.29 is 4.74 Å². The first-order chi connectivity index (χ1) is 9.28. The molecular weight excluding hydrogens is 234 g/mol.